The van der Waals surface area contributed by atoms with Crippen LogP contribution in [-0.2, 0) is 19.5 Å². The average molecular weight is 390 g/mol. The van der Waals surface area contributed by atoms with Gasteiger partial charge in [0.05, 0.1) is 10.7 Å². The molecule has 2 aliphatic heterocycles. The largest absolute Gasteiger partial charge is 0.338 e. The average Bonchev–Trinajstić information content (AvgIpc) is 2.70. The highest BCUT2D eigenvalue weighted by atomic mass is 35.5. The van der Waals surface area contributed by atoms with Crippen LogP contribution in [0.4, 0.5) is 10.3 Å². The number of likely N-dealkylation sites (N-methyl/N-ethyl adjacent to an activating group) is 1. The van der Waals surface area contributed by atoms with Crippen molar-refractivity contribution < 1.29 is 4.39 Å². The Balaban J connectivity index is 1.41. The molecule has 1 aromatic heterocycles. The Hall–Kier alpha value is -1.76. The predicted octanol–water partition coefficient (Wildman–Crippen LogP) is 2.97. The summed E-state index contributed by atoms with van der Waals surface area (Å²) in [6.07, 6.45) is 2.87. The van der Waals surface area contributed by atoms with E-state index in [9.17, 15) is 4.39 Å². The topological polar surface area (TPSA) is 35.5 Å². The van der Waals surface area contributed by atoms with Crippen LogP contribution in [0.25, 0.3) is 0 Å². The highest BCUT2D eigenvalue weighted by Crippen LogP contribution is 2.23. The zero-order valence-corrected chi connectivity index (χ0v) is 16.4. The summed E-state index contributed by atoms with van der Waals surface area (Å²) >= 11 is 5.77. The number of hydrogen-bond donors (Lipinski definition) is 0. The van der Waals surface area contributed by atoms with Crippen molar-refractivity contribution in [3.05, 3.63) is 52.1 Å². The summed E-state index contributed by atoms with van der Waals surface area (Å²) in [5, 5.41) is 0.170. The monoisotopic (exact) mass is 389 g/mol. The minimum absolute atomic E-state index is 0.170. The Labute approximate surface area is 164 Å². The van der Waals surface area contributed by atoms with Gasteiger partial charge < -0.3 is 9.80 Å². The molecule has 0 atom stereocenters. The molecule has 1 saturated heterocycles. The summed E-state index contributed by atoms with van der Waals surface area (Å²) in [4.78, 5) is 16.5. The van der Waals surface area contributed by atoms with Crippen LogP contribution < -0.4 is 4.90 Å². The minimum Gasteiger partial charge on any atom is -0.338 e. The lowest BCUT2D eigenvalue weighted by atomic mass is 10.1. The normalized spacial score (nSPS) is 18.6. The Morgan fingerprint density at radius 2 is 1.93 bits per heavy atom. The van der Waals surface area contributed by atoms with Gasteiger partial charge in [-0.1, -0.05) is 24.6 Å². The lowest BCUT2D eigenvalue weighted by Gasteiger charge is -2.35. The molecule has 0 amide bonds. The second kappa shape index (κ2) is 8.09. The van der Waals surface area contributed by atoms with E-state index in [4.69, 9.17) is 16.6 Å². The van der Waals surface area contributed by atoms with E-state index in [-0.39, 0.29) is 10.8 Å². The third-order valence-corrected chi connectivity index (χ3v) is 5.80. The van der Waals surface area contributed by atoms with Crippen LogP contribution in [0.3, 0.4) is 0 Å². The van der Waals surface area contributed by atoms with E-state index in [0.29, 0.717) is 6.54 Å². The molecule has 0 radical (unpaired) electrons. The first-order chi connectivity index (χ1) is 13.1. The molecule has 0 N–H and O–H groups in total. The van der Waals surface area contributed by atoms with Crippen LogP contribution in [0.2, 0.25) is 5.02 Å². The van der Waals surface area contributed by atoms with Crippen molar-refractivity contribution in [3.63, 3.8) is 0 Å². The van der Waals surface area contributed by atoms with Gasteiger partial charge in [-0.05, 0) is 24.2 Å². The Morgan fingerprint density at radius 1 is 1.11 bits per heavy atom. The van der Waals surface area contributed by atoms with Crippen molar-refractivity contribution in [1.29, 1.82) is 0 Å². The van der Waals surface area contributed by atoms with Crippen LogP contribution in [0, 0.1) is 5.82 Å². The summed E-state index contributed by atoms with van der Waals surface area (Å²) in [7, 11) is 0. The fourth-order valence-corrected chi connectivity index (χ4v) is 3.93. The number of benzene rings is 1. The molecular weight excluding hydrogens is 365 g/mol. The number of fused-ring (bicyclic) bond motifs is 1. The maximum atomic E-state index is 13.7. The fourth-order valence-electron chi connectivity index (χ4n) is 3.81. The molecule has 0 unspecified atom stereocenters. The summed E-state index contributed by atoms with van der Waals surface area (Å²) in [5.41, 5.74) is 3.26. The third-order valence-electron chi connectivity index (χ3n) is 5.49. The quantitative estimate of drug-likeness (QED) is 0.803. The van der Waals surface area contributed by atoms with Crippen molar-refractivity contribution in [2.24, 2.45) is 0 Å². The fraction of sp³-hybridized carbons (Fsp3) is 0.500. The highest BCUT2D eigenvalue weighted by molar-refractivity contribution is 6.30. The van der Waals surface area contributed by atoms with Crippen molar-refractivity contribution in [2.45, 2.75) is 26.4 Å². The van der Waals surface area contributed by atoms with E-state index in [1.165, 1.54) is 11.6 Å². The minimum atomic E-state index is -0.359. The van der Waals surface area contributed by atoms with E-state index in [2.05, 4.69) is 26.6 Å². The van der Waals surface area contributed by atoms with Crippen molar-refractivity contribution in [2.75, 3.05) is 44.2 Å². The molecule has 3 heterocycles. The molecule has 0 aliphatic carbocycles. The first-order valence-corrected chi connectivity index (χ1v) is 9.98. The third kappa shape index (κ3) is 4.23. The first-order valence-electron chi connectivity index (χ1n) is 9.60. The molecule has 7 heteroatoms. The molecule has 2 aliphatic rings. The van der Waals surface area contributed by atoms with Crippen molar-refractivity contribution in [1.82, 2.24) is 19.8 Å². The van der Waals surface area contributed by atoms with Gasteiger partial charge in [0.25, 0.3) is 0 Å². The summed E-state index contributed by atoms with van der Waals surface area (Å²) in [6.45, 7) is 9.84. The van der Waals surface area contributed by atoms with Crippen LogP contribution in [-0.4, -0.2) is 59.0 Å². The Kier molecular flexibility index (Phi) is 5.57. The van der Waals surface area contributed by atoms with Crippen LogP contribution >= 0.6 is 11.6 Å². The standard InChI is InChI=1S/C20H25ClFN5/c1-2-25-7-9-27(10-8-25)20-23-12-16-14-26(6-5-19(16)24-20)13-15-3-4-17(21)18(22)11-15/h3-4,11-12H,2,5-10,13-14H2,1H3. The van der Waals surface area contributed by atoms with Gasteiger partial charge in [0, 0.05) is 64.0 Å². The van der Waals surface area contributed by atoms with E-state index < -0.39 is 0 Å². The van der Waals surface area contributed by atoms with Gasteiger partial charge in [0.15, 0.2) is 0 Å². The zero-order valence-electron chi connectivity index (χ0n) is 15.7. The molecule has 144 valence electrons. The number of piperazine rings is 1. The van der Waals surface area contributed by atoms with Crippen LogP contribution in [0.5, 0.6) is 0 Å². The molecule has 0 spiro atoms. The maximum Gasteiger partial charge on any atom is 0.225 e. The van der Waals surface area contributed by atoms with E-state index in [0.717, 1.165) is 69.4 Å². The second-order valence-corrected chi connectivity index (χ2v) is 7.68. The molecule has 2 aromatic rings. The number of halogens is 2. The van der Waals surface area contributed by atoms with Gasteiger partial charge in [0.2, 0.25) is 5.95 Å². The zero-order chi connectivity index (χ0) is 18.8. The van der Waals surface area contributed by atoms with Gasteiger partial charge >= 0.3 is 0 Å². The molecule has 1 fully saturated rings. The van der Waals surface area contributed by atoms with Gasteiger partial charge in [-0.3, -0.25) is 4.90 Å². The molecular formula is C20H25ClFN5. The Morgan fingerprint density at radius 3 is 2.67 bits per heavy atom. The number of anilines is 1. The molecule has 27 heavy (non-hydrogen) atoms. The lowest BCUT2D eigenvalue weighted by molar-refractivity contribution is 0.242. The highest BCUT2D eigenvalue weighted by Gasteiger charge is 2.22. The number of aromatic nitrogens is 2. The maximum absolute atomic E-state index is 13.7. The number of nitrogens with zero attached hydrogens (tertiary/aromatic N) is 5. The van der Waals surface area contributed by atoms with E-state index >= 15 is 0 Å². The summed E-state index contributed by atoms with van der Waals surface area (Å²) in [5.74, 6) is 0.500. The summed E-state index contributed by atoms with van der Waals surface area (Å²) < 4.78 is 13.7. The predicted molar refractivity (Wildman–Crippen MR) is 106 cm³/mol. The van der Waals surface area contributed by atoms with Crippen LogP contribution in [0.1, 0.15) is 23.7 Å². The Bertz CT molecular complexity index is 807. The van der Waals surface area contributed by atoms with Crippen molar-refractivity contribution in [3.8, 4) is 0 Å². The van der Waals surface area contributed by atoms with Crippen molar-refractivity contribution >= 4 is 17.5 Å². The van der Waals surface area contributed by atoms with Gasteiger partial charge in [-0.15, -0.1) is 0 Å². The number of rotatable bonds is 4. The van der Waals surface area contributed by atoms with Gasteiger partial charge in [0.1, 0.15) is 5.82 Å². The smallest absolute Gasteiger partial charge is 0.225 e. The molecule has 5 nitrogen and oxygen atoms in total. The molecule has 4 rings (SSSR count). The summed E-state index contributed by atoms with van der Waals surface area (Å²) in [6, 6.07) is 5.03. The number of hydrogen-bond acceptors (Lipinski definition) is 5. The molecule has 0 bridgehead atoms. The molecule has 0 saturated carbocycles. The van der Waals surface area contributed by atoms with Crippen LogP contribution in [0.15, 0.2) is 24.4 Å². The first kappa shape index (κ1) is 18.6. The lowest BCUT2D eigenvalue weighted by Crippen LogP contribution is -2.47. The van der Waals surface area contributed by atoms with Gasteiger partial charge in [-0.25, -0.2) is 14.4 Å². The van der Waals surface area contributed by atoms with E-state index in [1.54, 1.807) is 6.07 Å². The van der Waals surface area contributed by atoms with Gasteiger partial charge in [-0.2, -0.15) is 0 Å². The van der Waals surface area contributed by atoms with E-state index in [1.807, 2.05) is 12.3 Å². The molecule has 1 aromatic carbocycles. The SMILES string of the molecule is CCN1CCN(c2ncc3c(n2)CCN(Cc2ccc(Cl)c(F)c2)C3)CC1. The second-order valence-electron chi connectivity index (χ2n) is 7.27.